The molecular weight excluding hydrogens is 362 g/mol. The molecule has 0 radical (unpaired) electrons. The number of rotatable bonds is 6. The molecule has 4 rings (SSSR count). The molecule has 2 aliphatic heterocycles. The lowest BCUT2D eigenvalue weighted by Crippen LogP contribution is -2.42. The van der Waals surface area contributed by atoms with Gasteiger partial charge < -0.3 is 9.80 Å². The molecule has 0 aromatic heterocycles. The zero-order valence-electron chi connectivity index (χ0n) is 16.2. The van der Waals surface area contributed by atoms with Crippen molar-refractivity contribution in [1.82, 2.24) is 9.21 Å². The van der Waals surface area contributed by atoms with Crippen LogP contribution in [0.5, 0.6) is 0 Å². The van der Waals surface area contributed by atoms with Gasteiger partial charge in [0.25, 0.3) is 0 Å². The molecule has 1 aromatic carbocycles. The fourth-order valence-corrected chi connectivity index (χ4v) is 5.20. The topological polar surface area (TPSA) is 60.9 Å². The number of carbonyl (C=O) groups excluding carboxylic acids is 1. The van der Waals surface area contributed by atoms with Gasteiger partial charge in [-0.05, 0) is 62.9 Å². The van der Waals surface area contributed by atoms with E-state index in [9.17, 15) is 13.2 Å². The van der Waals surface area contributed by atoms with Crippen molar-refractivity contribution in [3.63, 3.8) is 0 Å². The van der Waals surface area contributed by atoms with Crippen LogP contribution in [0.25, 0.3) is 0 Å². The summed E-state index contributed by atoms with van der Waals surface area (Å²) in [5, 5.41) is 0. The van der Waals surface area contributed by atoms with E-state index in [0.717, 1.165) is 18.5 Å². The predicted octanol–water partition coefficient (Wildman–Crippen LogP) is 1.81. The van der Waals surface area contributed by atoms with Crippen LogP contribution < -0.4 is 4.90 Å². The monoisotopic (exact) mass is 391 g/mol. The Balaban J connectivity index is 1.46. The van der Waals surface area contributed by atoms with Crippen LogP contribution >= 0.6 is 0 Å². The van der Waals surface area contributed by atoms with Crippen LogP contribution in [-0.2, 0) is 20.2 Å². The van der Waals surface area contributed by atoms with Crippen molar-refractivity contribution in [2.75, 3.05) is 44.4 Å². The number of anilines is 1. The first-order valence-electron chi connectivity index (χ1n) is 9.87. The SMILES string of the molecule is CN(C1CCN(c2ccc(C3(CN4CCCC4)CC3)cc2)C1=O)S(C)(=O)=O. The highest BCUT2D eigenvalue weighted by Gasteiger charge is 2.46. The Morgan fingerprint density at radius 2 is 1.74 bits per heavy atom. The van der Waals surface area contributed by atoms with E-state index < -0.39 is 16.1 Å². The number of sulfonamides is 1. The van der Waals surface area contributed by atoms with E-state index in [4.69, 9.17) is 0 Å². The molecular formula is C20H29N3O3S. The van der Waals surface area contributed by atoms with Crippen LogP contribution in [-0.4, -0.2) is 69.1 Å². The molecule has 1 aromatic rings. The Labute approximate surface area is 162 Å². The number of amides is 1. The maximum Gasteiger partial charge on any atom is 0.245 e. The van der Waals surface area contributed by atoms with E-state index in [2.05, 4.69) is 17.0 Å². The summed E-state index contributed by atoms with van der Waals surface area (Å²) >= 11 is 0. The van der Waals surface area contributed by atoms with E-state index in [1.165, 1.54) is 55.7 Å². The van der Waals surface area contributed by atoms with Crippen LogP contribution in [0.3, 0.4) is 0 Å². The average Bonchev–Trinajstić information content (AvgIpc) is 3.04. The van der Waals surface area contributed by atoms with Crippen LogP contribution in [0.15, 0.2) is 24.3 Å². The first-order chi connectivity index (χ1) is 12.8. The van der Waals surface area contributed by atoms with Crippen molar-refractivity contribution >= 4 is 21.6 Å². The van der Waals surface area contributed by atoms with E-state index in [0.29, 0.717) is 18.4 Å². The number of nitrogens with zero attached hydrogens (tertiary/aromatic N) is 3. The molecule has 148 valence electrons. The maximum absolute atomic E-state index is 12.7. The van der Waals surface area contributed by atoms with Gasteiger partial charge in [0.2, 0.25) is 15.9 Å². The molecule has 6 nitrogen and oxygen atoms in total. The average molecular weight is 392 g/mol. The van der Waals surface area contributed by atoms with E-state index in [1.807, 2.05) is 12.1 Å². The molecule has 27 heavy (non-hydrogen) atoms. The summed E-state index contributed by atoms with van der Waals surface area (Å²) in [6, 6.07) is 7.79. The third kappa shape index (κ3) is 3.65. The molecule has 1 atom stereocenters. The van der Waals surface area contributed by atoms with Gasteiger partial charge in [-0.3, -0.25) is 4.79 Å². The first-order valence-corrected chi connectivity index (χ1v) is 11.7. The van der Waals surface area contributed by atoms with Gasteiger partial charge >= 0.3 is 0 Å². The molecule has 3 aliphatic rings. The number of carbonyl (C=O) groups is 1. The molecule has 3 fully saturated rings. The van der Waals surface area contributed by atoms with Gasteiger partial charge in [-0.15, -0.1) is 0 Å². The smallest absolute Gasteiger partial charge is 0.245 e. The molecule has 2 saturated heterocycles. The lowest BCUT2D eigenvalue weighted by atomic mass is 9.95. The van der Waals surface area contributed by atoms with Gasteiger partial charge in [0.05, 0.1) is 6.26 Å². The fraction of sp³-hybridized carbons (Fsp3) is 0.650. The largest absolute Gasteiger partial charge is 0.311 e. The van der Waals surface area contributed by atoms with Gasteiger partial charge in [0, 0.05) is 31.2 Å². The zero-order valence-corrected chi connectivity index (χ0v) is 17.0. The van der Waals surface area contributed by atoms with Crippen LogP contribution in [0.4, 0.5) is 5.69 Å². The summed E-state index contributed by atoms with van der Waals surface area (Å²) in [4.78, 5) is 17.0. The third-order valence-electron chi connectivity index (χ3n) is 6.51. The molecule has 0 bridgehead atoms. The van der Waals surface area contributed by atoms with E-state index >= 15 is 0 Å². The standard InChI is InChI=1S/C20H29N3O3S/c1-21(27(2,25)26)18-9-14-23(19(18)24)17-7-5-16(6-8-17)20(10-11-20)15-22-12-3-4-13-22/h5-8,18H,3-4,9-15H2,1-2H3. The Morgan fingerprint density at radius 3 is 2.30 bits per heavy atom. The minimum atomic E-state index is -3.37. The molecule has 1 aliphatic carbocycles. The Morgan fingerprint density at radius 1 is 1.11 bits per heavy atom. The third-order valence-corrected chi connectivity index (χ3v) is 7.81. The fourth-order valence-electron chi connectivity index (χ4n) is 4.54. The van der Waals surface area contributed by atoms with Gasteiger partial charge in [0.1, 0.15) is 6.04 Å². The van der Waals surface area contributed by atoms with Gasteiger partial charge in [-0.25, -0.2) is 8.42 Å². The highest BCUT2D eigenvalue weighted by atomic mass is 32.2. The molecule has 1 unspecified atom stereocenters. The minimum absolute atomic E-state index is 0.131. The second kappa shape index (κ2) is 6.87. The van der Waals surface area contributed by atoms with Crippen molar-refractivity contribution in [1.29, 1.82) is 0 Å². The summed E-state index contributed by atoms with van der Waals surface area (Å²) < 4.78 is 24.7. The predicted molar refractivity (Wildman–Crippen MR) is 106 cm³/mol. The van der Waals surface area contributed by atoms with Gasteiger partial charge in [0.15, 0.2) is 0 Å². The Hall–Kier alpha value is -1.44. The highest BCUT2D eigenvalue weighted by molar-refractivity contribution is 7.88. The van der Waals surface area contributed by atoms with Crippen molar-refractivity contribution in [3.05, 3.63) is 29.8 Å². The molecule has 0 N–H and O–H groups in total. The summed E-state index contributed by atoms with van der Waals surface area (Å²) in [5.41, 5.74) is 2.54. The van der Waals surface area contributed by atoms with Crippen molar-refractivity contribution < 1.29 is 13.2 Å². The van der Waals surface area contributed by atoms with Crippen molar-refractivity contribution in [2.24, 2.45) is 0 Å². The van der Waals surface area contributed by atoms with Gasteiger partial charge in [-0.1, -0.05) is 12.1 Å². The molecule has 0 spiro atoms. The number of hydrogen-bond donors (Lipinski definition) is 0. The highest BCUT2D eigenvalue weighted by Crippen LogP contribution is 2.49. The van der Waals surface area contributed by atoms with E-state index in [1.54, 1.807) is 4.90 Å². The van der Waals surface area contributed by atoms with Crippen LogP contribution in [0.1, 0.15) is 37.7 Å². The summed E-state index contributed by atoms with van der Waals surface area (Å²) in [6.45, 7) is 4.15. The lowest BCUT2D eigenvalue weighted by molar-refractivity contribution is -0.120. The first kappa shape index (κ1) is 18.9. The second-order valence-electron chi connectivity index (χ2n) is 8.38. The Bertz CT molecular complexity index is 811. The summed E-state index contributed by atoms with van der Waals surface area (Å²) in [7, 11) is -1.89. The van der Waals surface area contributed by atoms with Crippen molar-refractivity contribution in [3.8, 4) is 0 Å². The zero-order chi connectivity index (χ0) is 19.2. The summed E-state index contributed by atoms with van der Waals surface area (Å²) in [6.07, 6.45) is 6.79. The quantitative estimate of drug-likeness (QED) is 0.742. The molecule has 1 amide bonds. The van der Waals surface area contributed by atoms with Crippen molar-refractivity contribution in [2.45, 2.75) is 43.6 Å². The minimum Gasteiger partial charge on any atom is -0.311 e. The Kier molecular flexibility index (Phi) is 4.81. The van der Waals surface area contributed by atoms with E-state index in [-0.39, 0.29) is 5.91 Å². The number of hydrogen-bond acceptors (Lipinski definition) is 4. The second-order valence-corrected chi connectivity index (χ2v) is 10.4. The normalized spacial score (nSPS) is 25.5. The number of likely N-dealkylation sites (N-methyl/N-ethyl adjacent to an activating group) is 1. The number of benzene rings is 1. The van der Waals surface area contributed by atoms with Crippen LogP contribution in [0.2, 0.25) is 0 Å². The molecule has 2 heterocycles. The lowest BCUT2D eigenvalue weighted by Gasteiger charge is -2.25. The maximum atomic E-state index is 12.7. The molecule has 7 heteroatoms. The molecule has 1 saturated carbocycles. The van der Waals surface area contributed by atoms with Crippen LogP contribution in [0, 0.1) is 0 Å². The number of likely N-dealkylation sites (tertiary alicyclic amines) is 1. The summed E-state index contributed by atoms with van der Waals surface area (Å²) in [5.74, 6) is -0.131. The van der Waals surface area contributed by atoms with Gasteiger partial charge in [-0.2, -0.15) is 4.31 Å².